The second kappa shape index (κ2) is 6.21. The van der Waals surface area contributed by atoms with Crippen molar-refractivity contribution >= 4 is 32.1 Å². The van der Waals surface area contributed by atoms with E-state index < -0.39 is 21.6 Å². The number of hydrogen-bond donors (Lipinski definition) is 1. The largest absolute Gasteiger partial charge is 0.416 e. The van der Waals surface area contributed by atoms with Gasteiger partial charge in [0.15, 0.2) is 9.84 Å². The lowest BCUT2D eigenvalue weighted by Crippen LogP contribution is -2.05. The first kappa shape index (κ1) is 18.3. The molecule has 0 saturated heterocycles. The van der Waals surface area contributed by atoms with Gasteiger partial charge < -0.3 is 5.32 Å². The summed E-state index contributed by atoms with van der Waals surface area (Å²) < 4.78 is 62.8. The van der Waals surface area contributed by atoms with E-state index in [1.54, 1.807) is 6.07 Å². The fourth-order valence-corrected chi connectivity index (χ4v) is 4.87. The van der Waals surface area contributed by atoms with Gasteiger partial charge in [-0.2, -0.15) is 18.4 Å². The van der Waals surface area contributed by atoms with E-state index in [9.17, 15) is 26.9 Å². The van der Waals surface area contributed by atoms with Crippen LogP contribution in [0.2, 0.25) is 0 Å². The van der Waals surface area contributed by atoms with Gasteiger partial charge in [-0.25, -0.2) is 8.42 Å². The monoisotopic (exact) mass is 403 g/mol. The number of rotatable bonds is 2. The van der Waals surface area contributed by atoms with Crippen molar-refractivity contribution in [3.05, 3.63) is 59.3 Å². The molecule has 0 radical (unpaired) electrons. The van der Waals surface area contributed by atoms with Gasteiger partial charge in [0.1, 0.15) is 6.07 Å². The molecular formula is C19H12F3N3O2S. The Balaban J connectivity index is 1.89. The van der Waals surface area contributed by atoms with Crippen LogP contribution in [0.3, 0.4) is 0 Å². The molecule has 1 aliphatic rings. The number of nitrogens with zero attached hydrogens (tertiary/aromatic N) is 2. The van der Waals surface area contributed by atoms with Crippen molar-refractivity contribution in [3.8, 4) is 6.07 Å². The van der Waals surface area contributed by atoms with Crippen molar-refractivity contribution < 1.29 is 21.6 Å². The highest BCUT2D eigenvalue weighted by molar-refractivity contribution is 7.91. The molecule has 1 aliphatic heterocycles. The average Bonchev–Trinajstić information content (AvgIpc) is 2.96. The lowest BCUT2D eigenvalue weighted by molar-refractivity contribution is -0.137. The Bertz CT molecular complexity index is 1240. The Labute approximate surface area is 158 Å². The van der Waals surface area contributed by atoms with Gasteiger partial charge in [0, 0.05) is 17.3 Å². The number of alkyl halides is 3. The van der Waals surface area contributed by atoms with Gasteiger partial charge in [0.05, 0.1) is 33.0 Å². The van der Waals surface area contributed by atoms with Crippen LogP contribution in [0.1, 0.15) is 16.7 Å². The van der Waals surface area contributed by atoms with E-state index in [1.807, 2.05) is 6.07 Å². The van der Waals surface area contributed by atoms with Crippen molar-refractivity contribution in [1.29, 1.82) is 5.26 Å². The van der Waals surface area contributed by atoms with Crippen LogP contribution in [0.4, 0.5) is 24.5 Å². The highest BCUT2D eigenvalue weighted by atomic mass is 32.2. The minimum atomic E-state index is -4.45. The summed E-state index contributed by atoms with van der Waals surface area (Å²) in [5.74, 6) is -0.0298. The van der Waals surface area contributed by atoms with Crippen molar-refractivity contribution in [2.45, 2.75) is 17.5 Å². The van der Waals surface area contributed by atoms with Gasteiger partial charge in [-0.1, -0.05) is 0 Å². The van der Waals surface area contributed by atoms with Crippen LogP contribution >= 0.6 is 0 Å². The van der Waals surface area contributed by atoms with Gasteiger partial charge in [-0.15, -0.1) is 0 Å². The molecule has 142 valence electrons. The molecule has 9 heteroatoms. The van der Waals surface area contributed by atoms with Crippen LogP contribution in [0, 0.1) is 11.3 Å². The number of halogens is 3. The predicted octanol–water partition coefficient (Wildman–Crippen LogP) is 4.20. The minimum absolute atomic E-state index is 0.0298. The van der Waals surface area contributed by atoms with Crippen molar-refractivity contribution in [2.24, 2.45) is 0 Å². The molecule has 0 unspecified atom stereocenters. The van der Waals surface area contributed by atoms with E-state index in [0.717, 1.165) is 12.1 Å². The molecule has 0 aliphatic carbocycles. The molecule has 0 amide bonds. The number of anilines is 2. The van der Waals surface area contributed by atoms with Crippen molar-refractivity contribution in [3.63, 3.8) is 0 Å². The number of sulfone groups is 1. The van der Waals surface area contributed by atoms with Gasteiger partial charge >= 0.3 is 6.18 Å². The standard InChI is InChI=1S/C19H12F3N3O2S/c20-19(21,22)12-1-3-13(4-2-12)25-18-11(9-23)10-24-15-5-6-16-14(17(15)18)7-8-28(16,26)27/h1-6,10H,7-8H2,(H,24,25). The van der Waals surface area contributed by atoms with Crippen molar-refractivity contribution in [1.82, 2.24) is 4.98 Å². The maximum absolute atomic E-state index is 12.8. The minimum Gasteiger partial charge on any atom is -0.354 e. The second-order valence-corrected chi connectivity index (χ2v) is 8.44. The Morgan fingerprint density at radius 3 is 2.46 bits per heavy atom. The smallest absolute Gasteiger partial charge is 0.354 e. The Morgan fingerprint density at radius 2 is 1.82 bits per heavy atom. The molecule has 2 aromatic carbocycles. The number of pyridine rings is 1. The first-order chi connectivity index (χ1) is 13.2. The van der Waals surface area contributed by atoms with Gasteiger partial charge in [-0.3, -0.25) is 4.98 Å². The number of fused-ring (bicyclic) bond motifs is 3. The third kappa shape index (κ3) is 2.96. The molecule has 0 bridgehead atoms. The summed E-state index contributed by atoms with van der Waals surface area (Å²) in [4.78, 5) is 4.42. The topological polar surface area (TPSA) is 82.8 Å². The molecule has 0 spiro atoms. The van der Waals surface area contributed by atoms with Crippen LogP contribution < -0.4 is 5.32 Å². The van der Waals surface area contributed by atoms with Crippen LogP contribution in [0.15, 0.2) is 47.5 Å². The molecule has 0 atom stereocenters. The Morgan fingerprint density at radius 1 is 1.11 bits per heavy atom. The Kier molecular flexibility index (Phi) is 4.05. The van der Waals surface area contributed by atoms with Gasteiger partial charge in [-0.05, 0) is 48.4 Å². The molecule has 4 rings (SSSR count). The zero-order valence-corrected chi connectivity index (χ0v) is 15.0. The summed E-state index contributed by atoms with van der Waals surface area (Å²) >= 11 is 0. The highest BCUT2D eigenvalue weighted by Gasteiger charge is 2.31. The SMILES string of the molecule is N#Cc1cnc2ccc3c(c2c1Nc1ccc(C(F)(F)F)cc1)CCS3(=O)=O. The summed E-state index contributed by atoms with van der Waals surface area (Å²) in [5, 5.41) is 12.9. The normalized spacial score (nSPS) is 15.2. The average molecular weight is 403 g/mol. The lowest BCUT2D eigenvalue weighted by atomic mass is 10.0. The first-order valence-electron chi connectivity index (χ1n) is 8.22. The van der Waals surface area contributed by atoms with Crippen molar-refractivity contribution in [2.75, 3.05) is 11.1 Å². The fourth-order valence-electron chi connectivity index (χ4n) is 3.32. The number of hydrogen-bond acceptors (Lipinski definition) is 5. The van der Waals surface area contributed by atoms with Crippen LogP contribution in [0.25, 0.3) is 10.9 Å². The van der Waals surface area contributed by atoms with Gasteiger partial charge in [0.2, 0.25) is 0 Å². The third-order valence-electron chi connectivity index (χ3n) is 4.66. The summed E-state index contributed by atoms with van der Waals surface area (Å²) in [6, 6.07) is 9.46. The maximum Gasteiger partial charge on any atom is 0.416 e. The zero-order valence-electron chi connectivity index (χ0n) is 14.2. The Hall–Kier alpha value is -3.12. The van der Waals surface area contributed by atoms with Crippen LogP contribution in [-0.4, -0.2) is 19.2 Å². The number of nitriles is 1. The maximum atomic E-state index is 12.8. The zero-order chi connectivity index (χ0) is 20.1. The molecule has 1 N–H and O–H groups in total. The third-order valence-corrected chi connectivity index (χ3v) is 6.45. The number of aromatic nitrogens is 1. The lowest BCUT2D eigenvalue weighted by Gasteiger charge is -2.15. The van der Waals surface area contributed by atoms with E-state index in [0.29, 0.717) is 27.8 Å². The summed E-state index contributed by atoms with van der Waals surface area (Å²) in [7, 11) is -3.39. The predicted molar refractivity (Wildman–Crippen MR) is 96.9 cm³/mol. The molecule has 2 heterocycles. The second-order valence-electron chi connectivity index (χ2n) is 6.36. The van der Waals surface area contributed by atoms with E-state index in [4.69, 9.17) is 0 Å². The summed E-state index contributed by atoms with van der Waals surface area (Å²) in [5.41, 5.74) is 1.13. The number of benzene rings is 2. The quantitative estimate of drug-likeness (QED) is 0.694. The summed E-state index contributed by atoms with van der Waals surface area (Å²) in [6.45, 7) is 0. The van der Waals surface area contributed by atoms with Gasteiger partial charge in [0.25, 0.3) is 0 Å². The van der Waals surface area contributed by atoms with E-state index in [1.165, 1.54) is 24.4 Å². The summed E-state index contributed by atoms with van der Waals surface area (Å²) in [6.07, 6.45) is -2.81. The fraction of sp³-hybridized carbons (Fsp3) is 0.158. The van der Waals surface area contributed by atoms with E-state index in [2.05, 4.69) is 10.3 Å². The van der Waals surface area contributed by atoms with E-state index in [-0.39, 0.29) is 22.6 Å². The molecular weight excluding hydrogens is 391 g/mol. The van der Waals surface area contributed by atoms with Crippen LogP contribution in [-0.2, 0) is 22.4 Å². The van der Waals surface area contributed by atoms with E-state index >= 15 is 0 Å². The number of nitrogens with one attached hydrogen (secondary N) is 1. The molecule has 28 heavy (non-hydrogen) atoms. The van der Waals surface area contributed by atoms with Crippen LogP contribution in [0.5, 0.6) is 0 Å². The first-order valence-corrected chi connectivity index (χ1v) is 9.88. The highest BCUT2D eigenvalue weighted by Crippen LogP contribution is 2.38. The number of aryl methyl sites for hydroxylation is 1. The molecule has 1 aromatic heterocycles. The molecule has 3 aromatic rings. The molecule has 0 saturated carbocycles. The molecule has 5 nitrogen and oxygen atoms in total. The molecule has 0 fully saturated rings.